The number of hydrogen-bond donors (Lipinski definition) is 1. The molecule has 26 heavy (non-hydrogen) atoms. The highest BCUT2D eigenvalue weighted by Crippen LogP contribution is 2.23. The van der Waals surface area contributed by atoms with Crippen molar-refractivity contribution < 1.29 is 13.7 Å². The van der Waals surface area contributed by atoms with Gasteiger partial charge in [0.25, 0.3) is 11.8 Å². The first-order valence-corrected chi connectivity index (χ1v) is 8.70. The van der Waals surface area contributed by atoms with E-state index in [0.29, 0.717) is 28.4 Å². The molecule has 0 radical (unpaired) electrons. The molecule has 1 fully saturated rings. The van der Waals surface area contributed by atoms with Gasteiger partial charge in [0.15, 0.2) is 0 Å². The van der Waals surface area contributed by atoms with E-state index in [1.165, 1.54) is 25.0 Å². The number of rotatable bonds is 4. The Morgan fingerprint density at radius 2 is 1.85 bits per heavy atom. The Morgan fingerprint density at radius 3 is 2.58 bits per heavy atom. The predicted octanol–water partition coefficient (Wildman–Crippen LogP) is 4.22. The summed E-state index contributed by atoms with van der Waals surface area (Å²) in [6.07, 6.45) is 4.45. The van der Waals surface area contributed by atoms with Gasteiger partial charge in [-0.2, -0.15) is 4.98 Å². The molecule has 1 aromatic heterocycles. The number of halogens is 1. The topological polar surface area (TPSA) is 68.0 Å². The Bertz CT molecular complexity index is 915. The van der Waals surface area contributed by atoms with Gasteiger partial charge in [0, 0.05) is 22.7 Å². The van der Waals surface area contributed by atoms with Gasteiger partial charge in [-0.1, -0.05) is 30.1 Å². The third-order valence-electron chi connectivity index (χ3n) is 4.59. The van der Waals surface area contributed by atoms with Crippen LogP contribution in [0.2, 0.25) is 0 Å². The molecule has 5 nitrogen and oxygen atoms in total. The summed E-state index contributed by atoms with van der Waals surface area (Å²) >= 11 is 0. The van der Waals surface area contributed by atoms with Crippen LogP contribution < -0.4 is 5.32 Å². The number of amides is 1. The van der Waals surface area contributed by atoms with Gasteiger partial charge < -0.3 is 9.84 Å². The standard InChI is InChI=1S/C20H18FN3O2/c21-16-5-3-4-15(12-16)18-23-20(26-24-18)14-10-8-13(9-11-14)19(25)22-17-6-1-2-7-17/h3-5,8-12,17H,1-2,6-7H2,(H,22,25). The van der Waals surface area contributed by atoms with Crippen LogP contribution in [0.3, 0.4) is 0 Å². The summed E-state index contributed by atoms with van der Waals surface area (Å²) in [7, 11) is 0. The third-order valence-corrected chi connectivity index (χ3v) is 4.59. The van der Waals surface area contributed by atoms with Crippen LogP contribution in [0, 0.1) is 5.82 Å². The van der Waals surface area contributed by atoms with Gasteiger partial charge in [-0.3, -0.25) is 4.79 Å². The lowest BCUT2D eigenvalue weighted by molar-refractivity contribution is 0.0938. The summed E-state index contributed by atoms with van der Waals surface area (Å²) in [6, 6.07) is 13.3. The van der Waals surface area contributed by atoms with Crippen LogP contribution in [0.1, 0.15) is 36.0 Å². The first kappa shape index (κ1) is 16.4. The summed E-state index contributed by atoms with van der Waals surface area (Å²) in [4.78, 5) is 16.6. The van der Waals surface area contributed by atoms with E-state index in [-0.39, 0.29) is 17.8 Å². The van der Waals surface area contributed by atoms with Gasteiger partial charge in [0.05, 0.1) is 0 Å². The van der Waals surface area contributed by atoms with Gasteiger partial charge in [-0.15, -0.1) is 0 Å². The number of nitrogens with zero attached hydrogens (tertiary/aromatic N) is 2. The fraction of sp³-hybridized carbons (Fsp3) is 0.250. The van der Waals surface area contributed by atoms with Crippen LogP contribution in [0.5, 0.6) is 0 Å². The molecule has 2 aromatic carbocycles. The van der Waals surface area contributed by atoms with Crippen molar-refractivity contribution in [2.45, 2.75) is 31.7 Å². The number of carbonyl (C=O) groups is 1. The fourth-order valence-corrected chi connectivity index (χ4v) is 3.19. The first-order chi connectivity index (χ1) is 12.7. The van der Waals surface area contributed by atoms with Crippen LogP contribution in [0.15, 0.2) is 53.1 Å². The lowest BCUT2D eigenvalue weighted by Gasteiger charge is -2.11. The number of carbonyl (C=O) groups excluding carboxylic acids is 1. The normalized spacial score (nSPS) is 14.5. The summed E-state index contributed by atoms with van der Waals surface area (Å²) in [5, 5.41) is 6.96. The highest BCUT2D eigenvalue weighted by Gasteiger charge is 2.18. The lowest BCUT2D eigenvalue weighted by atomic mass is 10.1. The largest absolute Gasteiger partial charge is 0.349 e. The van der Waals surface area contributed by atoms with Crippen LogP contribution >= 0.6 is 0 Å². The van der Waals surface area contributed by atoms with Crippen LogP contribution in [-0.2, 0) is 0 Å². The van der Waals surface area contributed by atoms with Crippen molar-refractivity contribution in [3.8, 4) is 22.8 Å². The maximum absolute atomic E-state index is 13.3. The van der Waals surface area contributed by atoms with E-state index in [1.54, 1.807) is 36.4 Å². The van der Waals surface area contributed by atoms with Gasteiger partial charge in [-0.25, -0.2) is 4.39 Å². The Balaban J connectivity index is 1.49. The molecule has 0 bridgehead atoms. The molecule has 3 aromatic rings. The molecule has 4 rings (SSSR count). The van der Waals surface area contributed by atoms with Crippen LogP contribution in [-0.4, -0.2) is 22.1 Å². The summed E-state index contributed by atoms with van der Waals surface area (Å²) in [6.45, 7) is 0. The number of aromatic nitrogens is 2. The predicted molar refractivity (Wildman–Crippen MR) is 94.9 cm³/mol. The van der Waals surface area contributed by atoms with Crippen molar-refractivity contribution >= 4 is 5.91 Å². The van der Waals surface area contributed by atoms with Crippen LogP contribution in [0.25, 0.3) is 22.8 Å². The average molecular weight is 351 g/mol. The maximum Gasteiger partial charge on any atom is 0.258 e. The molecule has 0 saturated heterocycles. The van der Waals surface area contributed by atoms with Crippen molar-refractivity contribution in [2.24, 2.45) is 0 Å². The van der Waals surface area contributed by atoms with E-state index >= 15 is 0 Å². The van der Waals surface area contributed by atoms with Crippen molar-refractivity contribution in [3.63, 3.8) is 0 Å². The quantitative estimate of drug-likeness (QED) is 0.764. The van der Waals surface area contributed by atoms with E-state index in [2.05, 4.69) is 15.5 Å². The zero-order valence-electron chi connectivity index (χ0n) is 14.1. The molecule has 1 saturated carbocycles. The van der Waals surface area contributed by atoms with E-state index < -0.39 is 0 Å². The van der Waals surface area contributed by atoms with Crippen molar-refractivity contribution in [2.75, 3.05) is 0 Å². The smallest absolute Gasteiger partial charge is 0.258 e. The molecule has 0 spiro atoms. The highest BCUT2D eigenvalue weighted by atomic mass is 19.1. The molecule has 132 valence electrons. The molecule has 1 N–H and O–H groups in total. The SMILES string of the molecule is O=C(NC1CCCC1)c1ccc(-c2nc(-c3cccc(F)c3)no2)cc1. The fourth-order valence-electron chi connectivity index (χ4n) is 3.19. The number of nitrogens with one attached hydrogen (secondary N) is 1. The Kier molecular flexibility index (Phi) is 4.48. The Morgan fingerprint density at radius 1 is 1.08 bits per heavy atom. The lowest BCUT2D eigenvalue weighted by Crippen LogP contribution is -2.32. The summed E-state index contributed by atoms with van der Waals surface area (Å²) < 4.78 is 18.6. The molecule has 0 atom stereocenters. The van der Waals surface area contributed by atoms with Crippen molar-refractivity contribution in [3.05, 3.63) is 59.9 Å². The minimum atomic E-state index is -0.355. The van der Waals surface area contributed by atoms with E-state index in [1.807, 2.05) is 0 Å². The molecular formula is C20H18FN3O2. The van der Waals surface area contributed by atoms with Crippen LogP contribution in [0.4, 0.5) is 4.39 Å². The minimum absolute atomic E-state index is 0.0607. The summed E-state index contributed by atoms with van der Waals surface area (Å²) in [5.74, 6) is 0.232. The molecule has 1 amide bonds. The van der Waals surface area contributed by atoms with E-state index in [9.17, 15) is 9.18 Å². The molecule has 6 heteroatoms. The van der Waals surface area contributed by atoms with Gasteiger partial charge in [-0.05, 0) is 49.2 Å². The molecule has 0 aliphatic heterocycles. The zero-order chi connectivity index (χ0) is 17.9. The van der Waals surface area contributed by atoms with Gasteiger partial charge >= 0.3 is 0 Å². The maximum atomic E-state index is 13.3. The number of benzene rings is 2. The van der Waals surface area contributed by atoms with Crippen molar-refractivity contribution in [1.82, 2.24) is 15.5 Å². The molecular weight excluding hydrogens is 333 g/mol. The third kappa shape index (κ3) is 3.49. The van der Waals surface area contributed by atoms with E-state index in [4.69, 9.17) is 4.52 Å². The highest BCUT2D eigenvalue weighted by molar-refractivity contribution is 5.94. The first-order valence-electron chi connectivity index (χ1n) is 8.70. The Labute approximate surface area is 150 Å². The second-order valence-electron chi connectivity index (χ2n) is 6.47. The van der Waals surface area contributed by atoms with Gasteiger partial charge in [0.1, 0.15) is 5.82 Å². The molecule has 1 heterocycles. The monoisotopic (exact) mass is 351 g/mol. The zero-order valence-corrected chi connectivity index (χ0v) is 14.1. The van der Waals surface area contributed by atoms with Crippen molar-refractivity contribution in [1.29, 1.82) is 0 Å². The molecule has 1 aliphatic rings. The second-order valence-corrected chi connectivity index (χ2v) is 6.47. The Hall–Kier alpha value is -3.02. The average Bonchev–Trinajstić information content (AvgIpc) is 3.34. The number of hydrogen-bond acceptors (Lipinski definition) is 4. The second kappa shape index (κ2) is 7.07. The van der Waals surface area contributed by atoms with E-state index in [0.717, 1.165) is 12.8 Å². The molecule has 1 aliphatic carbocycles. The minimum Gasteiger partial charge on any atom is -0.349 e. The van der Waals surface area contributed by atoms with Gasteiger partial charge in [0.2, 0.25) is 5.82 Å². The molecule has 0 unspecified atom stereocenters. The summed E-state index contributed by atoms with van der Waals surface area (Å²) in [5.41, 5.74) is 1.86.